The first-order chi connectivity index (χ1) is 11.2. The van der Waals surface area contributed by atoms with E-state index in [1.807, 2.05) is 0 Å². The number of aliphatic hydroxyl groups excluding tert-OH is 1. The molecule has 0 heterocycles. The van der Waals surface area contributed by atoms with E-state index in [4.69, 9.17) is 5.11 Å². The lowest BCUT2D eigenvalue weighted by Crippen LogP contribution is -2.35. The lowest BCUT2D eigenvalue weighted by atomic mass is 10.0. The molecule has 0 aliphatic carbocycles. The Hall–Kier alpha value is -0.570. The van der Waals surface area contributed by atoms with Gasteiger partial charge in [0.25, 0.3) is 0 Å². The van der Waals surface area contributed by atoms with Gasteiger partial charge in [0.1, 0.15) is 0 Å². The molecule has 0 radical (unpaired) electrons. The number of carbonyl (C=O) groups excluding carboxylic acids is 1. The summed E-state index contributed by atoms with van der Waals surface area (Å²) in [5.74, 6) is -0.0468. The molecule has 1 atom stereocenters. The zero-order valence-corrected chi connectivity index (χ0v) is 15.7. The summed E-state index contributed by atoms with van der Waals surface area (Å²) in [7, 11) is 0. The molecule has 3 heteroatoms. The molecule has 0 aliphatic heterocycles. The van der Waals surface area contributed by atoms with Crippen molar-refractivity contribution in [1.82, 2.24) is 5.32 Å². The number of amides is 1. The largest absolute Gasteiger partial charge is 0.394 e. The molecule has 0 spiro atoms. The van der Waals surface area contributed by atoms with E-state index in [1.54, 1.807) is 0 Å². The van der Waals surface area contributed by atoms with Gasteiger partial charge in [-0.1, -0.05) is 96.8 Å². The molecule has 1 amide bonds. The Morgan fingerprint density at radius 1 is 0.783 bits per heavy atom. The van der Waals surface area contributed by atoms with E-state index in [-0.39, 0.29) is 18.6 Å². The third-order valence-electron chi connectivity index (χ3n) is 4.53. The van der Waals surface area contributed by atoms with Crippen molar-refractivity contribution < 1.29 is 9.90 Å². The second-order valence-corrected chi connectivity index (χ2v) is 6.96. The number of rotatable bonds is 17. The first kappa shape index (κ1) is 22.4. The maximum absolute atomic E-state index is 10.9. The predicted octanol–water partition coefficient (Wildman–Crippen LogP) is 5.35. The van der Waals surface area contributed by atoms with Gasteiger partial charge in [0.05, 0.1) is 12.6 Å². The van der Waals surface area contributed by atoms with Crippen LogP contribution in [0.5, 0.6) is 0 Å². The minimum atomic E-state index is -0.0511. The highest BCUT2D eigenvalue weighted by Gasteiger charge is 2.07. The highest BCUT2D eigenvalue weighted by atomic mass is 16.3. The fraction of sp³-hybridized carbons (Fsp3) is 0.950. The zero-order chi connectivity index (χ0) is 17.2. The van der Waals surface area contributed by atoms with Crippen molar-refractivity contribution in [2.75, 3.05) is 6.61 Å². The Morgan fingerprint density at radius 2 is 1.17 bits per heavy atom. The maximum Gasteiger partial charge on any atom is 0.217 e. The number of aliphatic hydroxyl groups is 1. The molecule has 2 N–H and O–H groups in total. The minimum absolute atomic E-state index is 0.0468. The number of carbonyl (C=O) groups is 1. The second-order valence-electron chi connectivity index (χ2n) is 6.96. The summed E-state index contributed by atoms with van der Waals surface area (Å²) < 4.78 is 0. The van der Waals surface area contributed by atoms with Crippen LogP contribution < -0.4 is 5.32 Å². The predicted molar refractivity (Wildman–Crippen MR) is 99.6 cm³/mol. The molecule has 0 bridgehead atoms. The van der Waals surface area contributed by atoms with Gasteiger partial charge in [-0.2, -0.15) is 0 Å². The second kappa shape index (κ2) is 17.8. The average molecular weight is 328 g/mol. The van der Waals surface area contributed by atoms with E-state index in [0.29, 0.717) is 0 Å². The summed E-state index contributed by atoms with van der Waals surface area (Å²) in [6, 6.07) is -0.0511. The van der Waals surface area contributed by atoms with Gasteiger partial charge in [-0.05, 0) is 6.42 Å². The molecule has 3 nitrogen and oxygen atoms in total. The van der Waals surface area contributed by atoms with Crippen molar-refractivity contribution >= 4 is 5.91 Å². The van der Waals surface area contributed by atoms with E-state index < -0.39 is 0 Å². The third kappa shape index (κ3) is 17.6. The highest BCUT2D eigenvalue weighted by Crippen LogP contribution is 2.13. The number of nitrogens with one attached hydrogen (secondary N) is 1. The van der Waals surface area contributed by atoms with Crippen LogP contribution >= 0.6 is 0 Å². The summed E-state index contributed by atoms with van der Waals surface area (Å²) in [5.41, 5.74) is 0. The van der Waals surface area contributed by atoms with Crippen molar-refractivity contribution in [2.45, 2.75) is 116 Å². The Balaban J connectivity index is 3.17. The fourth-order valence-corrected chi connectivity index (χ4v) is 3.08. The molecule has 0 aromatic carbocycles. The normalized spacial score (nSPS) is 12.3. The van der Waals surface area contributed by atoms with Gasteiger partial charge in [-0.25, -0.2) is 0 Å². The van der Waals surface area contributed by atoms with Crippen molar-refractivity contribution in [3.05, 3.63) is 0 Å². The number of unbranched alkanes of at least 4 members (excludes halogenated alkanes) is 13. The number of hydrogen-bond acceptors (Lipinski definition) is 2. The first-order valence-electron chi connectivity index (χ1n) is 10.1. The molecular formula is C20H41NO2. The molecule has 0 saturated heterocycles. The van der Waals surface area contributed by atoms with Gasteiger partial charge < -0.3 is 10.4 Å². The van der Waals surface area contributed by atoms with E-state index in [9.17, 15) is 4.79 Å². The quantitative estimate of drug-likeness (QED) is 0.354. The van der Waals surface area contributed by atoms with E-state index >= 15 is 0 Å². The Bertz CT molecular complexity index is 256. The molecule has 0 saturated carbocycles. The average Bonchev–Trinajstić information content (AvgIpc) is 2.53. The lowest BCUT2D eigenvalue weighted by Gasteiger charge is -2.14. The molecule has 0 unspecified atom stereocenters. The van der Waals surface area contributed by atoms with E-state index in [1.165, 1.54) is 90.4 Å². The van der Waals surface area contributed by atoms with E-state index in [2.05, 4.69) is 12.2 Å². The molecule has 23 heavy (non-hydrogen) atoms. The third-order valence-corrected chi connectivity index (χ3v) is 4.53. The molecule has 138 valence electrons. The van der Waals surface area contributed by atoms with Gasteiger partial charge >= 0.3 is 0 Å². The van der Waals surface area contributed by atoms with Crippen molar-refractivity contribution in [1.29, 1.82) is 0 Å². The van der Waals surface area contributed by atoms with Crippen molar-refractivity contribution in [3.63, 3.8) is 0 Å². The van der Waals surface area contributed by atoms with E-state index in [0.717, 1.165) is 12.8 Å². The summed E-state index contributed by atoms with van der Waals surface area (Å²) >= 11 is 0. The Kier molecular flexibility index (Phi) is 17.3. The molecule has 0 aromatic rings. The SMILES string of the molecule is CCCCCCCCCCCCCCCC[C@@H](CO)NC(C)=O. The highest BCUT2D eigenvalue weighted by molar-refractivity contribution is 5.73. The molecule has 0 rings (SSSR count). The standard InChI is InChI=1S/C20H41NO2/c1-3-4-5-6-7-8-9-10-11-12-13-14-15-16-17-20(18-22)21-19(2)23/h20,22H,3-18H2,1-2H3,(H,21,23)/t20-/m0/s1. The van der Waals surface area contributed by atoms with Gasteiger partial charge in [-0.15, -0.1) is 0 Å². The summed E-state index contributed by atoms with van der Waals surface area (Å²) in [6.45, 7) is 3.83. The monoisotopic (exact) mass is 327 g/mol. The van der Waals surface area contributed by atoms with Crippen LogP contribution in [0.1, 0.15) is 110 Å². The Morgan fingerprint density at radius 3 is 1.52 bits per heavy atom. The van der Waals surface area contributed by atoms with Crippen LogP contribution in [0.4, 0.5) is 0 Å². The van der Waals surface area contributed by atoms with Crippen molar-refractivity contribution in [2.24, 2.45) is 0 Å². The van der Waals surface area contributed by atoms with Crippen LogP contribution in [0, 0.1) is 0 Å². The van der Waals surface area contributed by atoms with Crippen LogP contribution in [-0.2, 0) is 4.79 Å². The minimum Gasteiger partial charge on any atom is -0.394 e. The summed E-state index contributed by atoms with van der Waals surface area (Å²) in [6.07, 6.45) is 19.9. The molecule has 0 fully saturated rings. The molecule has 0 aliphatic rings. The van der Waals surface area contributed by atoms with Crippen LogP contribution in [0.15, 0.2) is 0 Å². The van der Waals surface area contributed by atoms with Gasteiger partial charge in [0.2, 0.25) is 5.91 Å². The summed E-state index contributed by atoms with van der Waals surface area (Å²) in [5, 5.41) is 12.0. The van der Waals surface area contributed by atoms with Crippen LogP contribution in [0.2, 0.25) is 0 Å². The fourth-order valence-electron chi connectivity index (χ4n) is 3.08. The lowest BCUT2D eigenvalue weighted by molar-refractivity contribution is -0.120. The summed E-state index contributed by atoms with van der Waals surface area (Å²) in [4.78, 5) is 10.9. The zero-order valence-electron chi connectivity index (χ0n) is 15.7. The molecule has 0 aromatic heterocycles. The number of hydrogen-bond donors (Lipinski definition) is 2. The van der Waals surface area contributed by atoms with Crippen LogP contribution in [-0.4, -0.2) is 23.7 Å². The van der Waals surface area contributed by atoms with Gasteiger partial charge in [-0.3, -0.25) is 4.79 Å². The molecular weight excluding hydrogens is 286 g/mol. The topological polar surface area (TPSA) is 49.3 Å². The first-order valence-corrected chi connectivity index (χ1v) is 10.1. The maximum atomic E-state index is 10.9. The van der Waals surface area contributed by atoms with Gasteiger partial charge in [0.15, 0.2) is 0 Å². The van der Waals surface area contributed by atoms with Crippen LogP contribution in [0.25, 0.3) is 0 Å². The van der Waals surface area contributed by atoms with Gasteiger partial charge in [0, 0.05) is 6.92 Å². The van der Waals surface area contributed by atoms with Crippen molar-refractivity contribution in [3.8, 4) is 0 Å². The van der Waals surface area contributed by atoms with Crippen LogP contribution in [0.3, 0.4) is 0 Å². The Labute approximate surface area is 144 Å². The smallest absolute Gasteiger partial charge is 0.217 e.